The van der Waals surface area contributed by atoms with Crippen molar-refractivity contribution in [2.75, 3.05) is 26.7 Å². The number of amides is 1. The first-order valence-electron chi connectivity index (χ1n) is 7.70. The van der Waals surface area contributed by atoms with Gasteiger partial charge in [-0.2, -0.15) is 0 Å². The summed E-state index contributed by atoms with van der Waals surface area (Å²) in [5.74, 6) is 0.593. The second-order valence-corrected chi connectivity index (χ2v) is 5.39. The first-order chi connectivity index (χ1) is 11.3. The number of hydrogen-bond acceptors (Lipinski definition) is 6. The van der Waals surface area contributed by atoms with Gasteiger partial charge in [0.25, 0.3) is 0 Å². The lowest BCUT2D eigenvalue weighted by Crippen LogP contribution is -2.24. The van der Waals surface area contributed by atoms with Gasteiger partial charge in [-0.15, -0.1) is 0 Å². The maximum Gasteiger partial charge on any atom is 0.407 e. The van der Waals surface area contributed by atoms with Gasteiger partial charge in [0.05, 0.1) is 24.7 Å². The molecule has 2 N–H and O–H groups in total. The molecule has 0 aliphatic carbocycles. The quantitative estimate of drug-likeness (QED) is 0.748. The number of cyclic esters (lactones) is 1. The Balaban J connectivity index is 1.51. The third-order valence-corrected chi connectivity index (χ3v) is 3.81. The Morgan fingerprint density at radius 1 is 1.39 bits per heavy atom. The molecule has 1 fully saturated rings. The predicted molar refractivity (Wildman–Crippen MR) is 85.6 cm³/mol. The fourth-order valence-electron chi connectivity index (χ4n) is 2.58. The molecule has 1 unspecified atom stereocenters. The number of hydrogen-bond donors (Lipinski definition) is 2. The summed E-state index contributed by atoms with van der Waals surface area (Å²) in [5, 5.41) is 6.02. The van der Waals surface area contributed by atoms with Crippen LogP contribution >= 0.6 is 0 Å². The first kappa shape index (κ1) is 15.5. The summed E-state index contributed by atoms with van der Waals surface area (Å²) in [6.45, 7) is 2.23. The van der Waals surface area contributed by atoms with E-state index < -0.39 is 0 Å². The number of aromatic nitrogens is 2. The predicted octanol–water partition coefficient (Wildman–Crippen LogP) is 1.27. The third kappa shape index (κ3) is 3.87. The van der Waals surface area contributed by atoms with E-state index in [4.69, 9.17) is 9.47 Å². The largest absolute Gasteiger partial charge is 0.481 e. The lowest BCUT2D eigenvalue weighted by Gasteiger charge is -2.10. The van der Waals surface area contributed by atoms with Crippen LogP contribution in [0.4, 0.5) is 4.79 Å². The molecule has 1 amide bonds. The van der Waals surface area contributed by atoms with Crippen LogP contribution < -0.4 is 15.4 Å². The lowest BCUT2D eigenvalue weighted by molar-refractivity contribution is 0.136. The number of nitrogens with one attached hydrogen (secondary N) is 2. The molecule has 0 spiro atoms. The second-order valence-electron chi connectivity index (χ2n) is 5.39. The van der Waals surface area contributed by atoms with Crippen LogP contribution in [0.3, 0.4) is 0 Å². The molecule has 3 rings (SSSR count). The summed E-state index contributed by atoms with van der Waals surface area (Å²) < 4.78 is 10.3. The van der Waals surface area contributed by atoms with E-state index in [1.807, 2.05) is 18.2 Å². The number of carbonyl (C=O) groups is 1. The lowest BCUT2D eigenvalue weighted by atomic mass is 10.1. The zero-order chi connectivity index (χ0) is 16.1. The number of rotatable bonds is 7. The van der Waals surface area contributed by atoms with Gasteiger partial charge in [0.2, 0.25) is 5.88 Å². The fourth-order valence-corrected chi connectivity index (χ4v) is 2.58. The van der Waals surface area contributed by atoms with Gasteiger partial charge in [0, 0.05) is 12.3 Å². The monoisotopic (exact) mass is 316 g/mol. The van der Waals surface area contributed by atoms with Crippen molar-refractivity contribution in [3.05, 3.63) is 30.0 Å². The molecular formula is C16H20N4O3. The molecule has 0 bridgehead atoms. The van der Waals surface area contributed by atoms with Crippen molar-refractivity contribution < 1.29 is 14.3 Å². The standard InChI is InChI=1S/C16H20N4O3/c1-22-14-3-2-13-15(20-14)11(5-9-18-13)4-7-17-8-6-12-10-19-16(21)23-12/h2-3,5,9,12,17H,4,6-8,10H2,1H3,(H,19,21). The van der Waals surface area contributed by atoms with Crippen molar-refractivity contribution in [3.8, 4) is 5.88 Å². The van der Waals surface area contributed by atoms with Gasteiger partial charge in [0.1, 0.15) is 6.10 Å². The van der Waals surface area contributed by atoms with E-state index in [1.54, 1.807) is 13.3 Å². The minimum absolute atomic E-state index is 0.0253. The number of carbonyl (C=O) groups excluding carboxylic acids is 1. The van der Waals surface area contributed by atoms with Crippen molar-refractivity contribution in [3.63, 3.8) is 0 Å². The molecule has 1 saturated heterocycles. The second kappa shape index (κ2) is 7.23. The van der Waals surface area contributed by atoms with Crippen LogP contribution in [0, 0.1) is 0 Å². The van der Waals surface area contributed by atoms with E-state index in [-0.39, 0.29) is 12.2 Å². The van der Waals surface area contributed by atoms with Crippen LogP contribution in [0.2, 0.25) is 0 Å². The van der Waals surface area contributed by atoms with E-state index in [1.165, 1.54) is 0 Å². The maximum absolute atomic E-state index is 10.9. The smallest absolute Gasteiger partial charge is 0.407 e. The van der Waals surface area contributed by atoms with Crippen LogP contribution in [0.15, 0.2) is 24.4 Å². The minimum atomic E-state index is -0.321. The van der Waals surface area contributed by atoms with Gasteiger partial charge >= 0.3 is 6.09 Å². The third-order valence-electron chi connectivity index (χ3n) is 3.81. The molecule has 0 aromatic carbocycles. The van der Waals surface area contributed by atoms with Gasteiger partial charge in [-0.25, -0.2) is 9.78 Å². The van der Waals surface area contributed by atoms with Crippen LogP contribution in [-0.4, -0.2) is 48.9 Å². The Morgan fingerprint density at radius 2 is 2.30 bits per heavy atom. The van der Waals surface area contributed by atoms with E-state index >= 15 is 0 Å². The topological polar surface area (TPSA) is 85.4 Å². The number of alkyl carbamates (subject to hydrolysis) is 1. The molecule has 122 valence electrons. The van der Waals surface area contributed by atoms with E-state index in [0.717, 1.165) is 42.5 Å². The molecule has 23 heavy (non-hydrogen) atoms. The normalized spacial score (nSPS) is 17.1. The highest BCUT2D eigenvalue weighted by Crippen LogP contribution is 2.18. The van der Waals surface area contributed by atoms with Gasteiger partial charge in [-0.3, -0.25) is 4.98 Å². The van der Waals surface area contributed by atoms with Crippen molar-refractivity contribution in [2.24, 2.45) is 0 Å². The summed E-state index contributed by atoms with van der Waals surface area (Å²) >= 11 is 0. The highest BCUT2D eigenvalue weighted by Gasteiger charge is 2.21. The molecule has 2 aromatic heterocycles. The zero-order valence-corrected chi connectivity index (χ0v) is 13.0. The molecule has 0 radical (unpaired) electrons. The molecule has 1 aliphatic rings. The van der Waals surface area contributed by atoms with Crippen molar-refractivity contribution >= 4 is 17.1 Å². The number of fused-ring (bicyclic) bond motifs is 1. The fraction of sp³-hybridized carbons (Fsp3) is 0.438. The van der Waals surface area contributed by atoms with Crippen LogP contribution in [-0.2, 0) is 11.2 Å². The van der Waals surface area contributed by atoms with Gasteiger partial charge in [-0.05, 0) is 43.6 Å². The van der Waals surface area contributed by atoms with Gasteiger partial charge in [0.15, 0.2) is 0 Å². The molecule has 1 aliphatic heterocycles. The Kier molecular flexibility index (Phi) is 4.87. The summed E-state index contributed by atoms with van der Waals surface area (Å²) in [6, 6.07) is 5.72. The first-order valence-corrected chi connectivity index (χ1v) is 7.70. The molecule has 7 nitrogen and oxygen atoms in total. The molecule has 7 heteroatoms. The molecule has 2 aromatic rings. The molecule has 0 saturated carbocycles. The van der Waals surface area contributed by atoms with Crippen LogP contribution in [0.5, 0.6) is 5.88 Å². The minimum Gasteiger partial charge on any atom is -0.481 e. The molecule has 3 heterocycles. The SMILES string of the molecule is COc1ccc2nccc(CCNCCC3CNC(=O)O3)c2n1. The summed E-state index contributed by atoms with van der Waals surface area (Å²) in [5.41, 5.74) is 2.88. The highest BCUT2D eigenvalue weighted by atomic mass is 16.6. The number of pyridine rings is 2. The average Bonchev–Trinajstić information content (AvgIpc) is 2.99. The van der Waals surface area contributed by atoms with E-state index in [0.29, 0.717) is 12.4 Å². The Hall–Kier alpha value is -2.41. The highest BCUT2D eigenvalue weighted by molar-refractivity contribution is 5.78. The van der Waals surface area contributed by atoms with Crippen molar-refractivity contribution in [1.82, 2.24) is 20.6 Å². The summed E-state index contributed by atoms with van der Waals surface area (Å²) in [4.78, 5) is 19.7. The summed E-state index contributed by atoms with van der Waals surface area (Å²) in [7, 11) is 1.61. The summed E-state index contributed by atoms with van der Waals surface area (Å²) in [6.07, 6.45) is 3.11. The number of ether oxygens (including phenoxy) is 2. The van der Waals surface area contributed by atoms with E-state index in [2.05, 4.69) is 20.6 Å². The van der Waals surface area contributed by atoms with Gasteiger partial charge < -0.3 is 20.1 Å². The maximum atomic E-state index is 10.9. The number of methoxy groups -OCH3 is 1. The zero-order valence-electron chi connectivity index (χ0n) is 13.0. The average molecular weight is 316 g/mol. The Morgan fingerprint density at radius 3 is 3.09 bits per heavy atom. The van der Waals surface area contributed by atoms with Crippen molar-refractivity contribution in [2.45, 2.75) is 18.9 Å². The molecule has 1 atom stereocenters. The Labute approximate surface area is 134 Å². The number of nitrogens with zero attached hydrogens (tertiary/aromatic N) is 2. The van der Waals surface area contributed by atoms with E-state index in [9.17, 15) is 4.79 Å². The van der Waals surface area contributed by atoms with Crippen LogP contribution in [0.1, 0.15) is 12.0 Å². The van der Waals surface area contributed by atoms with Gasteiger partial charge in [-0.1, -0.05) is 0 Å². The Bertz CT molecular complexity index is 692. The van der Waals surface area contributed by atoms with Crippen molar-refractivity contribution in [1.29, 1.82) is 0 Å². The van der Waals surface area contributed by atoms with Crippen LogP contribution in [0.25, 0.3) is 11.0 Å². The molecular weight excluding hydrogens is 296 g/mol.